The molecule has 1 saturated heterocycles. The third kappa shape index (κ3) is 6.41. The van der Waals surface area contributed by atoms with Crippen molar-refractivity contribution in [1.82, 2.24) is 24.9 Å². The van der Waals surface area contributed by atoms with Crippen LogP contribution in [0.2, 0.25) is 0 Å². The number of halogens is 3. The van der Waals surface area contributed by atoms with Gasteiger partial charge in [0.2, 0.25) is 10.0 Å². The quantitative estimate of drug-likeness (QED) is 0.475. The lowest BCUT2D eigenvalue weighted by Crippen LogP contribution is -2.32. The fourth-order valence-corrected chi connectivity index (χ4v) is 4.95. The zero-order valence-electron chi connectivity index (χ0n) is 20.1. The predicted molar refractivity (Wildman–Crippen MR) is 130 cm³/mol. The van der Waals surface area contributed by atoms with Gasteiger partial charge in [0.15, 0.2) is 0 Å². The molecular formula is C24H29F3N6O2S. The number of nitrogens with one attached hydrogen (secondary N) is 1. The lowest BCUT2D eigenvalue weighted by Gasteiger charge is -2.31. The first-order valence-corrected chi connectivity index (χ1v) is 13.3. The molecule has 0 spiro atoms. The number of pyridine rings is 1. The summed E-state index contributed by atoms with van der Waals surface area (Å²) in [4.78, 5) is 6.11. The molecule has 8 nitrogen and oxygen atoms in total. The molecule has 0 saturated carbocycles. The van der Waals surface area contributed by atoms with Gasteiger partial charge in [-0.1, -0.05) is 17.3 Å². The van der Waals surface area contributed by atoms with Crippen LogP contribution in [0.3, 0.4) is 0 Å². The molecule has 0 unspecified atom stereocenters. The van der Waals surface area contributed by atoms with E-state index >= 15 is 0 Å². The first kappa shape index (κ1) is 26.1. The smallest absolute Gasteiger partial charge is 0.297 e. The van der Waals surface area contributed by atoms with E-state index < -0.39 is 27.0 Å². The van der Waals surface area contributed by atoms with E-state index in [4.69, 9.17) is 0 Å². The molecule has 194 valence electrons. The van der Waals surface area contributed by atoms with Crippen LogP contribution in [0.1, 0.15) is 55.1 Å². The number of nitrogens with zero attached hydrogens (tertiary/aromatic N) is 5. The molecule has 0 bridgehead atoms. The van der Waals surface area contributed by atoms with E-state index in [2.05, 4.69) is 24.9 Å². The first-order chi connectivity index (χ1) is 17.0. The number of anilines is 1. The summed E-state index contributed by atoms with van der Waals surface area (Å²) in [5, 5.41) is 7.61. The van der Waals surface area contributed by atoms with E-state index in [1.165, 1.54) is 16.9 Å². The van der Waals surface area contributed by atoms with Crippen molar-refractivity contribution in [2.45, 2.75) is 57.1 Å². The van der Waals surface area contributed by atoms with Crippen LogP contribution in [0.4, 0.5) is 18.9 Å². The maximum absolute atomic E-state index is 13.2. The van der Waals surface area contributed by atoms with Gasteiger partial charge in [-0.2, -0.15) is 13.2 Å². The molecule has 1 aliphatic rings. The second-order valence-electron chi connectivity index (χ2n) is 9.27. The molecule has 12 heteroatoms. The molecule has 0 radical (unpaired) electrons. The van der Waals surface area contributed by atoms with Crippen LogP contribution in [0.5, 0.6) is 0 Å². The summed E-state index contributed by atoms with van der Waals surface area (Å²) in [5.41, 5.74) is 1.48. The monoisotopic (exact) mass is 522 g/mol. The van der Waals surface area contributed by atoms with Crippen molar-refractivity contribution in [3.05, 3.63) is 71.3 Å². The number of hydrogen-bond acceptors (Lipinski definition) is 6. The normalized spacial score (nSPS) is 15.9. The Bertz CT molecular complexity index is 1280. The van der Waals surface area contributed by atoms with Crippen molar-refractivity contribution in [2.24, 2.45) is 0 Å². The molecule has 36 heavy (non-hydrogen) atoms. The molecule has 0 atom stereocenters. The second-order valence-corrected chi connectivity index (χ2v) is 11.5. The molecular weight excluding hydrogens is 493 g/mol. The van der Waals surface area contributed by atoms with E-state index in [0.29, 0.717) is 23.8 Å². The minimum atomic E-state index is -4.48. The molecule has 1 N–H and O–H groups in total. The SMILES string of the molecule is CC(C)S(=O)(=O)Nc1cccc(C2CCN(Cc3cn(Cc4ncccc4C(F)(F)F)nn3)CC2)c1. The second kappa shape index (κ2) is 10.6. The topological polar surface area (TPSA) is 93.0 Å². The van der Waals surface area contributed by atoms with Gasteiger partial charge in [0.25, 0.3) is 0 Å². The van der Waals surface area contributed by atoms with Gasteiger partial charge < -0.3 is 0 Å². The minimum Gasteiger partial charge on any atom is -0.297 e. The third-order valence-electron chi connectivity index (χ3n) is 6.31. The van der Waals surface area contributed by atoms with Crippen molar-refractivity contribution in [2.75, 3.05) is 17.8 Å². The molecule has 0 aliphatic carbocycles. The van der Waals surface area contributed by atoms with E-state index in [9.17, 15) is 21.6 Å². The number of sulfonamides is 1. The summed E-state index contributed by atoms with van der Waals surface area (Å²) >= 11 is 0. The van der Waals surface area contributed by atoms with Crippen LogP contribution in [-0.4, -0.2) is 51.6 Å². The maximum atomic E-state index is 13.2. The van der Waals surface area contributed by atoms with Crippen molar-refractivity contribution in [1.29, 1.82) is 0 Å². The maximum Gasteiger partial charge on any atom is 0.418 e. The number of alkyl halides is 3. The Hall–Kier alpha value is -2.99. The summed E-state index contributed by atoms with van der Waals surface area (Å²) in [6, 6.07) is 9.82. The highest BCUT2D eigenvalue weighted by Crippen LogP contribution is 2.32. The van der Waals surface area contributed by atoms with Crippen LogP contribution in [0.15, 0.2) is 48.8 Å². The van der Waals surface area contributed by atoms with Gasteiger partial charge in [0, 0.05) is 18.4 Å². The molecule has 1 aliphatic heterocycles. The standard InChI is InChI=1S/C24H29F3N6O2S/c1-17(2)36(34,35)30-20-6-3-5-19(13-20)18-8-11-32(12-9-18)14-21-15-33(31-29-21)16-23-22(24(25,26)27)7-4-10-28-23/h3-7,10,13,15,17-18,30H,8-9,11-12,14,16H2,1-2H3. The lowest BCUT2D eigenvalue weighted by atomic mass is 9.89. The van der Waals surface area contributed by atoms with Gasteiger partial charge in [-0.15, -0.1) is 5.10 Å². The molecule has 3 aromatic rings. The Morgan fingerprint density at radius 2 is 1.86 bits per heavy atom. The minimum absolute atomic E-state index is 0.0971. The largest absolute Gasteiger partial charge is 0.418 e. The zero-order chi connectivity index (χ0) is 25.9. The highest BCUT2D eigenvalue weighted by atomic mass is 32.2. The van der Waals surface area contributed by atoms with Crippen molar-refractivity contribution < 1.29 is 21.6 Å². The third-order valence-corrected chi connectivity index (χ3v) is 8.07. The Labute approximate surface area is 208 Å². The first-order valence-electron chi connectivity index (χ1n) is 11.8. The van der Waals surface area contributed by atoms with Gasteiger partial charge in [-0.25, -0.2) is 13.1 Å². The average molecular weight is 523 g/mol. The van der Waals surface area contributed by atoms with Gasteiger partial charge in [-0.3, -0.25) is 14.6 Å². The molecule has 2 aromatic heterocycles. The number of piperidine rings is 1. The predicted octanol–water partition coefficient (Wildman–Crippen LogP) is 4.27. The summed E-state index contributed by atoms with van der Waals surface area (Å²) in [6.07, 6.45) is 0.317. The van der Waals surface area contributed by atoms with Crippen molar-refractivity contribution in [3.8, 4) is 0 Å². The highest BCUT2D eigenvalue weighted by Gasteiger charge is 2.34. The van der Waals surface area contributed by atoms with Crippen LogP contribution in [-0.2, 0) is 29.3 Å². The Morgan fingerprint density at radius 3 is 2.56 bits per heavy atom. The number of likely N-dealkylation sites (tertiary alicyclic amines) is 1. The summed E-state index contributed by atoms with van der Waals surface area (Å²) in [5.74, 6) is 0.311. The number of benzene rings is 1. The summed E-state index contributed by atoms with van der Waals surface area (Å²) in [6.45, 7) is 5.35. The van der Waals surface area contributed by atoms with Gasteiger partial charge in [-0.05, 0) is 75.5 Å². The van der Waals surface area contributed by atoms with E-state index in [1.807, 2.05) is 18.2 Å². The van der Waals surface area contributed by atoms with Crippen LogP contribution in [0, 0.1) is 0 Å². The number of hydrogen-bond donors (Lipinski definition) is 1. The van der Waals surface area contributed by atoms with E-state index in [1.54, 1.807) is 26.1 Å². The Balaban J connectivity index is 1.33. The number of aromatic nitrogens is 4. The van der Waals surface area contributed by atoms with Crippen LogP contribution in [0.25, 0.3) is 0 Å². The van der Waals surface area contributed by atoms with Gasteiger partial charge >= 0.3 is 6.18 Å². The van der Waals surface area contributed by atoms with E-state index in [0.717, 1.165) is 37.6 Å². The van der Waals surface area contributed by atoms with Crippen molar-refractivity contribution in [3.63, 3.8) is 0 Å². The van der Waals surface area contributed by atoms with E-state index in [-0.39, 0.29) is 12.2 Å². The van der Waals surface area contributed by atoms with Gasteiger partial charge in [0.1, 0.15) is 0 Å². The molecule has 1 aromatic carbocycles. The van der Waals surface area contributed by atoms with Crippen LogP contribution < -0.4 is 4.72 Å². The Kier molecular flexibility index (Phi) is 7.65. The van der Waals surface area contributed by atoms with Crippen molar-refractivity contribution >= 4 is 15.7 Å². The molecule has 0 amide bonds. The fourth-order valence-electron chi connectivity index (χ4n) is 4.26. The van der Waals surface area contributed by atoms with Crippen LogP contribution >= 0.6 is 0 Å². The summed E-state index contributed by atoms with van der Waals surface area (Å²) < 4.78 is 68.1. The average Bonchev–Trinajstić information content (AvgIpc) is 3.25. The van der Waals surface area contributed by atoms with Gasteiger partial charge in [0.05, 0.1) is 34.9 Å². The zero-order valence-corrected chi connectivity index (χ0v) is 20.9. The molecule has 4 rings (SSSR count). The highest BCUT2D eigenvalue weighted by molar-refractivity contribution is 7.93. The Morgan fingerprint density at radius 1 is 1.11 bits per heavy atom. The lowest BCUT2D eigenvalue weighted by molar-refractivity contribution is -0.138. The summed E-state index contributed by atoms with van der Waals surface area (Å²) in [7, 11) is -3.40. The molecule has 3 heterocycles. The number of rotatable bonds is 8. The molecule has 1 fully saturated rings. The fraction of sp³-hybridized carbons (Fsp3) is 0.458.